The molecule has 0 aliphatic heterocycles. The summed E-state index contributed by atoms with van der Waals surface area (Å²) in [5, 5.41) is 6.53. The minimum atomic E-state index is 0.000420. The second-order valence-corrected chi connectivity index (χ2v) is 6.04. The van der Waals surface area contributed by atoms with Crippen molar-refractivity contribution in [2.75, 3.05) is 11.9 Å². The Labute approximate surface area is 127 Å². The Hall–Kier alpha value is -1.58. The van der Waals surface area contributed by atoms with E-state index in [2.05, 4.69) is 29.5 Å². The summed E-state index contributed by atoms with van der Waals surface area (Å²) in [6, 6.07) is 2.17. The Morgan fingerprint density at radius 3 is 2.95 bits per heavy atom. The number of carbonyl (C=O) groups excluding carboxylic acids is 1. The van der Waals surface area contributed by atoms with Gasteiger partial charge in [0.1, 0.15) is 0 Å². The summed E-state index contributed by atoms with van der Waals surface area (Å²) in [7, 11) is 0. The van der Waals surface area contributed by atoms with Crippen LogP contribution in [0.1, 0.15) is 62.7 Å². The summed E-state index contributed by atoms with van der Waals surface area (Å²) in [5.41, 5.74) is 1.54. The molecule has 4 heteroatoms. The van der Waals surface area contributed by atoms with E-state index in [0.29, 0.717) is 17.5 Å². The molecular formula is C17H27N3O. The van der Waals surface area contributed by atoms with Crippen LogP contribution in [0.4, 0.5) is 5.69 Å². The van der Waals surface area contributed by atoms with Gasteiger partial charge in [0.05, 0.1) is 11.3 Å². The maximum absolute atomic E-state index is 12.6. The van der Waals surface area contributed by atoms with Gasteiger partial charge in [-0.1, -0.05) is 33.1 Å². The normalized spacial score (nSPS) is 22.4. The lowest BCUT2D eigenvalue weighted by Gasteiger charge is -2.23. The molecule has 1 amide bonds. The molecule has 1 aromatic rings. The number of anilines is 1. The highest BCUT2D eigenvalue weighted by atomic mass is 16.1. The fraction of sp³-hybridized carbons (Fsp3) is 0.647. The van der Waals surface area contributed by atoms with Crippen LogP contribution in [0, 0.1) is 5.92 Å². The molecule has 2 atom stereocenters. The molecule has 1 saturated carbocycles. The highest BCUT2D eigenvalue weighted by Gasteiger charge is 2.23. The molecule has 2 unspecified atom stereocenters. The van der Waals surface area contributed by atoms with Crippen LogP contribution >= 0.6 is 0 Å². The van der Waals surface area contributed by atoms with E-state index in [9.17, 15) is 4.79 Å². The fourth-order valence-electron chi connectivity index (χ4n) is 2.94. The molecule has 116 valence electrons. The molecule has 0 bridgehead atoms. The number of nitrogens with one attached hydrogen (secondary N) is 2. The molecule has 2 N–H and O–H groups in total. The first-order valence-corrected chi connectivity index (χ1v) is 8.21. The van der Waals surface area contributed by atoms with Gasteiger partial charge in [-0.15, -0.1) is 0 Å². The Morgan fingerprint density at radius 1 is 1.33 bits per heavy atom. The van der Waals surface area contributed by atoms with Crippen LogP contribution in [0.3, 0.4) is 0 Å². The third-order valence-corrected chi connectivity index (χ3v) is 4.31. The first-order chi connectivity index (χ1) is 10.2. The molecule has 0 radical (unpaired) electrons. The van der Waals surface area contributed by atoms with Gasteiger partial charge >= 0.3 is 0 Å². The Morgan fingerprint density at radius 2 is 2.14 bits per heavy atom. The lowest BCUT2D eigenvalue weighted by Crippen LogP contribution is -2.39. The summed E-state index contributed by atoms with van der Waals surface area (Å²) in [4.78, 5) is 16.7. The molecule has 1 aliphatic carbocycles. The summed E-state index contributed by atoms with van der Waals surface area (Å²) >= 11 is 0. The van der Waals surface area contributed by atoms with E-state index in [1.807, 2.05) is 6.07 Å². The lowest BCUT2D eigenvalue weighted by molar-refractivity contribution is 0.0922. The second-order valence-electron chi connectivity index (χ2n) is 6.04. The molecule has 4 nitrogen and oxygen atoms in total. The van der Waals surface area contributed by atoms with E-state index >= 15 is 0 Å². The number of hydrogen-bond acceptors (Lipinski definition) is 3. The van der Waals surface area contributed by atoms with Gasteiger partial charge in [-0.2, -0.15) is 0 Å². The van der Waals surface area contributed by atoms with Gasteiger partial charge in [-0.3, -0.25) is 9.78 Å². The van der Waals surface area contributed by atoms with Crippen LogP contribution in [0.5, 0.6) is 0 Å². The van der Waals surface area contributed by atoms with Crippen molar-refractivity contribution in [3.8, 4) is 0 Å². The molecule has 21 heavy (non-hydrogen) atoms. The Bertz CT molecular complexity index is 461. The standard InChI is InChI=1S/C17H27N3O/c1-3-10-19-16-9-11-18-12-14(16)17(21)20-15-8-6-4-5-7-13(15)2/h9,11-13,15H,3-8,10H2,1-2H3,(H,18,19)(H,20,21). The number of carbonyl (C=O) groups is 1. The van der Waals surface area contributed by atoms with Crippen molar-refractivity contribution in [3.63, 3.8) is 0 Å². The summed E-state index contributed by atoms with van der Waals surface area (Å²) in [5.74, 6) is 0.556. The van der Waals surface area contributed by atoms with E-state index < -0.39 is 0 Å². The smallest absolute Gasteiger partial charge is 0.255 e. The average molecular weight is 289 g/mol. The van der Waals surface area contributed by atoms with Crippen molar-refractivity contribution < 1.29 is 4.79 Å². The van der Waals surface area contributed by atoms with E-state index in [-0.39, 0.29) is 5.91 Å². The van der Waals surface area contributed by atoms with Gasteiger partial charge in [-0.05, 0) is 31.2 Å². The van der Waals surface area contributed by atoms with Crippen LogP contribution < -0.4 is 10.6 Å². The monoisotopic (exact) mass is 289 g/mol. The molecular weight excluding hydrogens is 262 g/mol. The molecule has 1 aromatic heterocycles. The van der Waals surface area contributed by atoms with E-state index in [0.717, 1.165) is 25.1 Å². The zero-order chi connectivity index (χ0) is 15.1. The Kier molecular flexibility index (Phi) is 6.03. The minimum Gasteiger partial charge on any atom is -0.384 e. The van der Waals surface area contributed by atoms with Gasteiger partial charge in [0, 0.05) is 25.0 Å². The molecule has 0 spiro atoms. The minimum absolute atomic E-state index is 0.000420. The number of hydrogen-bond donors (Lipinski definition) is 2. The van der Waals surface area contributed by atoms with E-state index in [4.69, 9.17) is 0 Å². The van der Waals surface area contributed by atoms with Crippen LogP contribution in [0.25, 0.3) is 0 Å². The number of amides is 1. The molecule has 0 aromatic carbocycles. The van der Waals surface area contributed by atoms with Gasteiger partial charge in [0.25, 0.3) is 5.91 Å². The highest BCUT2D eigenvalue weighted by molar-refractivity contribution is 5.99. The van der Waals surface area contributed by atoms with E-state index in [1.165, 1.54) is 25.7 Å². The van der Waals surface area contributed by atoms with Crippen molar-refractivity contribution in [2.45, 2.75) is 58.4 Å². The van der Waals surface area contributed by atoms with Gasteiger partial charge in [0.15, 0.2) is 0 Å². The zero-order valence-corrected chi connectivity index (χ0v) is 13.2. The molecule has 1 heterocycles. The highest BCUT2D eigenvalue weighted by Crippen LogP contribution is 2.24. The van der Waals surface area contributed by atoms with Crippen molar-refractivity contribution in [1.82, 2.24) is 10.3 Å². The second kappa shape index (κ2) is 8.01. The maximum atomic E-state index is 12.6. The lowest BCUT2D eigenvalue weighted by atomic mass is 9.96. The number of aromatic nitrogens is 1. The third kappa shape index (κ3) is 4.45. The molecule has 1 fully saturated rings. The first-order valence-electron chi connectivity index (χ1n) is 8.21. The summed E-state index contributed by atoms with van der Waals surface area (Å²) in [6.07, 6.45) is 10.5. The van der Waals surface area contributed by atoms with Crippen molar-refractivity contribution in [1.29, 1.82) is 0 Å². The predicted octanol–water partition coefficient (Wildman–Crippen LogP) is 3.60. The van der Waals surface area contributed by atoms with Crippen LogP contribution in [-0.2, 0) is 0 Å². The molecule has 1 aliphatic rings. The summed E-state index contributed by atoms with van der Waals surface area (Å²) in [6.45, 7) is 5.22. The first kappa shape index (κ1) is 15.8. The molecule has 2 rings (SSSR count). The number of rotatable bonds is 5. The molecule has 0 saturated heterocycles. The van der Waals surface area contributed by atoms with E-state index in [1.54, 1.807) is 12.4 Å². The van der Waals surface area contributed by atoms with Crippen molar-refractivity contribution in [2.24, 2.45) is 5.92 Å². The van der Waals surface area contributed by atoms with Gasteiger partial charge < -0.3 is 10.6 Å². The summed E-state index contributed by atoms with van der Waals surface area (Å²) < 4.78 is 0. The fourth-order valence-corrected chi connectivity index (χ4v) is 2.94. The number of nitrogens with zero attached hydrogens (tertiary/aromatic N) is 1. The van der Waals surface area contributed by atoms with Crippen molar-refractivity contribution >= 4 is 11.6 Å². The third-order valence-electron chi connectivity index (χ3n) is 4.31. The SMILES string of the molecule is CCCNc1ccncc1C(=O)NC1CCCCCC1C. The van der Waals surface area contributed by atoms with Crippen LogP contribution in [-0.4, -0.2) is 23.5 Å². The van der Waals surface area contributed by atoms with Crippen LogP contribution in [0.15, 0.2) is 18.5 Å². The zero-order valence-electron chi connectivity index (χ0n) is 13.2. The van der Waals surface area contributed by atoms with Crippen LogP contribution in [0.2, 0.25) is 0 Å². The predicted molar refractivity (Wildman–Crippen MR) is 86.5 cm³/mol. The average Bonchev–Trinajstić information content (AvgIpc) is 2.70. The van der Waals surface area contributed by atoms with Gasteiger partial charge in [-0.25, -0.2) is 0 Å². The van der Waals surface area contributed by atoms with Gasteiger partial charge in [0.2, 0.25) is 0 Å². The number of pyridine rings is 1. The largest absolute Gasteiger partial charge is 0.384 e. The van der Waals surface area contributed by atoms with Crippen molar-refractivity contribution in [3.05, 3.63) is 24.0 Å². The quantitative estimate of drug-likeness (QED) is 0.814. The Balaban J connectivity index is 2.05. The maximum Gasteiger partial charge on any atom is 0.255 e. The topological polar surface area (TPSA) is 54.0 Å².